The maximum atomic E-state index is 13.9. The molecule has 0 spiro atoms. The zero-order valence-electron chi connectivity index (χ0n) is 56.8. The number of carbonyl (C=O) groups excluding carboxylic acids is 9. The lowest BCUT2D eigenvalue weighted by Crippen LogP contribution is -2.51. The highest BCUT2D eigenvalue weighted by Crippen LogP contribution is 2.29. The molecule has 0 radical (unpaired) electrons. The molecule has 11 N–H and O–H groups in total. The molecule has 0 unspecified atom stereocenters. The van der Waals surface area contributed by atoms with E-state index < -0.39 is 146 Å². The number of nitrogens with zero attached hydrogens (tertiary/aromatic N) is 9. The molecule has 2 aliphatic rings. The minimum Gasteiger partial charge on any atom is -0.481 e. The van der Waals surface area contributed by atoms with Crippen molar-refractivity contribution < 1.29 is 103 Å². The zero-order valence-corrected chi connectivity index (χ0v) is 56.8. The van der Waals surface area contributed by atoms with Crippen molar-refractivity contribution in [3.05, 3.63) is 48.0 Å². The third kappa shape index (κ3) is 30.8. The number of benzene rings is 2. The maximum Gasteiger partial charge on any atom is 0.326 e. The van der Waals surface area contributed by atoms with Crippen LogP contribution in [-0.2, 0) is 73.5 Å². The van der Waals surface area contributed by atoms with Gasteiger partial charge in [0.1, 0.15) is 18.1 Å². The lowest BCUT2D eigenvalue weighted by atomic mass is 9.81. The summed E-state index contributed by atoms with van der Waals surface area (Å²) in [5.74, 6) is -12.2. The van der Waals surface area contributed by atoms with E-state index in [0.717, 1.165) is 40.8 Å². The van der Waals surface area contributed by atoms with Crippen molar-refractivity contribution in [2.45, 2.75) is 82.3 Å². The molecule has 1 aliphatic heterocycles. The van der Waals surface area contributed by atoms with Crippen molar-refractivity contribution >= 4 is 99.9 Å². The fourth-order valence-electron chi connectivity index (χ4n) is 11.0. The Morgan fingerprint density at radius 2 is 0.879 bits per heavy atom. The van der Waals surface area contributed by atoms with Crippen LogP contribution >= 0.6 is 0 Å². The minimum atomic E-state index is -1.57. The number of fused-ring (bicyclic) bond motifs is 1. The average Bonchev–Trinajstić information content (AvgIpc) is 0.853. The Balaban J connectivity index is 1.20. The minimum absolute atomic E-state index is 0.0110. The number of nitrogens with one attached hydrogen (secondary N) is 5. The molecule has 4 rings (SSSR count). The normalized spacial score (nSPS) is 16.7. The van der Waals surface area contributed by atoms with Gasteiger partial charge in [-0.05, 0) is 73.6 Å². The summed E-state index contributed by atoms with van der Waals surface area (Å²) >= 11 is 0. The number of urea groups is 1. The van der Waals surface area contributed by atoms with Gasteiger partial charge in [0, 0.05) is 119 Å². The number of rotatable bonds is 37. The van der Waals surface area contributed by atoms with Crippen molar-refractivity contribution in [1.82, 2.24) is 70.7 Å². The first-order chi connectivity index (χ1) is 46.8. The molecule has 2 aromatic carbocycles. The van der Waals surface area contributed by atoms with Crippen LogP contribution in [0.5, 0.6) is 0 Å². The van der Waals surface area contributed by atoms with Gasteiger partial charge in [0.25, 0.3) is 0 Å². The van der Waals surface area contributed by atoms with E-state index in [1.165, 1.54) is 35.2 Å². The SMILES string of the molecule is CN(CC(=O)NC[C@H]1CC[C@H](C(=O)N[C@@H](Cc2ccc3ccccc3c2)C(=O)NCCCC[C@H](NC(=O)N[C@@H](CCC(=O)O)C(=O)O)C(=O)O)CC1)C(=O)CN(C)C(=O)CN(C)C(=O)CN(C)C(=O)CN(C)C(=O)CN1CCN(CC(=O)O)CCN(CC(=O)O)CCN(CC(=O)O)CC1. The van der Waals surface area contributed by atoms with Gasteiger partial charge < -0.3 is 81.7 Å². The summed E-state index contributed by atoms with van der Waals surface area (Å²) in [5, 5.41) is 71.2. The Morgan fingerprint density at radius 1 is 0.455 bits per heavy atom. The standard InChI is InChI=1S/C64H96N14O21/c1-70(51(80)34-71(2)52(81)35-72(3)53(82)36-73(4)54(83)37-74(5)55(84)38-75-22-24-76(39-57(87)88)26-28-78(41-59(91)92)29-27-77(25-23-75)40-58(89)90)33-50(79)66-32-42-13-17-45(18-14-42)60(93)67-49(31-43-15-16-44-10-6-7-11-46(44)30-43)61(94)65-21-9-8-12-47(62(95)96)68-64(99)69-48(63(97)98)19-20-56(85)86/h6-7,10-11,15-16,30,42,45,47-49H,8-9,12-14,17-29,31-41H2,1-5H3,(H,65,94)(H,66,79)(H,67,93)(H,85,86)(H,87,88)(H,89,90)(H,91,92)(H,95,96)(H,97,98)(H2,68,69,99)/t42-,45-,47-,48-,49-/m0/s1. The summed E-state index contributed by atoms with van der Waals surface area (Å²) in [6.45, 7) is -1.66. The topological polar surface area (TPSA) is 467 Å². The summed E-state index contributed by atoms with van der Waals surface area (Å²) in [5.41, 5.74) is 0.777. The van der Waals surface area contributed by atoms with Crippen LogP contribution in [-0.4, -0.2) is 342 Å². The lowest BCUT2D eigenvalue weighted by molar-refractivity contribution is -0.145. The molecule has 99 heavy (non-hydrogen) atoms. The fraction of sp³-hybridized carbons (Fsp3) is 0.609. The monoisotopic (exact) mass is 1400 g/mol. The predicted molar refractivity (Wildman–Crippen MR) is 353 cm³/mol. The number of hydrogen-bond donors (Lipinski definition) is 11. The van der Waals surface area contributed by atoms with E-state index in [0.29, 0.717) is 25.7 Å². The zero-order chi connectivity index (χ0) is 73.5. The van der Waals surface area contributed by atoms with Crippen LogP contribution in [0, 0.1) is 11.8 Å². The van der Waals surface area contributed by atoms with Gasteiger partial charge >= 0.3 is 41.8 Å². The number of likely N-dealkylation sites (N-methyl/N-ethyl adjacent to an activating group) is 5. The average molecular weight is 1400 g/mol. The van der Waals surface area contributed by atoms with E-state index >= 15 is 0 Å². The summed E-state index contributed by atoms with van der Waals surface area (Å²) in [6, 6.07) is 8.23. The summed E-state index contributed by atoms with van der Waals surface area (Å²) < 4.78 is 0. The first kappa shape index (κ1) is 81.8. The van der Waals surface area contributed by atoms with E-state index in [9.17, 15) is 97.5 Å². The molecule has 1 saturated carbocycles. The van der Waals surface area contributed by atoms with Gasteiger partial charge in [0.15, 0.2) is 0 Å². The van der Waals surface area contributed by atoms with Crippen LogP contribution in [0.15, 0.2) is 42.5 Å². The van der Waals surface area contributed by atoms with Crippen LogP contribution in [0.1, 0.15) is 63.4 Å². The molecule has 3 atom stereocenters. The third-order valence-corrected chi connectivity index (χ3v) is 17.1. The van der Waals surface area contributed by atoms with Gasteiger partial charge in [-0.25, -0.2) is 14.4 Å². The van der Waals surface area contributed by atoms with Gasteiger partial charge in [-0.2, -0.15) is 0 Å². The molecular weight excluding hydrogens is 1300 g/mol. The van der Waals surface area contributed by atoms with Crippen molar-refractivity contribution in [2.24, 2.45) is 11.8 Å². The summed E-state index contributed by atoms with van der Waals surface area (Å²) in [4.78, 5) is 201. The highest BCUT2D eigenvalue weighted by molar-refractivity contribution is 5.93. The van der Waals surface area contributed by atoms with Crippen LogP contribution in [0.25, 0.3) is 10.8 Å². The Hall–Kier alpha value is -9.61. The van der Waals surface area contributed by atoms with E-state index in [-0.39, 0.29) is 136 Å². The van der Waals surface area contributed by atoms with Crippen LogP contribution < -0.4 is 26.6 Å². The number of amides is 10. The molecule has 0 bridgehead atoms. The maximum absolute atomic E-state index is 13.9. The summed E-state index contributed by atoms with van der Waals surface area (Å²) in [6.07, 6.45) is 1.56. The van der Waals surface area contributed by atoms with Crippen molar-refractivity contribution in [2.75, 3.05) is 160 Å². The van der Waals surface area contributed by atoms with Gasteiger partial charge in [0.2, 0.25) is 47.3 Å². The number of hydrogen-bond acceptors (Lipinski definition) is 19. The molecule has 548 valence electrons. The number of aliphatic carboxylic acids is 6. The van der Waals surface area contributed by atoms with E-state index in [2.05, 4.69) is 26.6 Å². The molecule has 2 fully saturated rings. The highest BCUT2D eigenvalue weighted by atomic mass is 16.4. The van der Waals surface area contributed by atoms with Crippen molar-refractivity contribution in [3.63, 3.8) is 0 Å². The molecule has 0 aromatic heterocycles. The van der Waals surface area contributed by atoms with Crippen molar-refractivity contribution in [1.29, 1.82) is 0 Å². The Labute approximate surface area is 573 Å². The van der Waals surface area contributed by atoms with Gasteiger partial charge in [-0.3, -0.25) is 77.1 Å². The molecule has 1 aliphatic carbocycles. The molecular formula is C64H96N14O21. The Bertz CT molecular complexity index is 3140. The number of carboxylic acid groups (broad SMARTS) is 6. The van der Waals surface area contributed by atoms with E-state index in [1.54, 1.807) is 19.6 Å². The van der Waals surface area contributed by atoms with Gasteiger partial charge in [0.05, 0.1) is 58.9 Å². The van der Waals surface area contributed by atoms with Gasteiger partial charge in [-0.1, -0.05) is 42.5 Å². The molecule has 1 heterocycles. The third-order valence-electron chi connectivity index (χ3n) is 17.1. The first-order valence-electron chi connectivity index (χ1n) is 32.6. The molecule has 2 aromatic rings. The van der Waals surface area contributed by atoms with Crippen LogP contribution in [0.3, 0.4) is 0 Å². The second-order valence-electron chi connectivity index (χ2n) is 25.1. The first-order valence-corrected chi connectivity index (χ1v) is 32.6. The number of carboxylic acids is 6. The second-order valence-corrected chi connectivity index (χ2v) is 25.1. The quantitative estimate of drug-likeness (QED) is 0.0299. The Kier molecular flexibility index (Phi) is 34.4. The van der Waals surface area contributed by atoms with Crippen molar-refractivity contribution in [3.8, 4) is 0 Å². The largest absolute Gasteiger partial charge is 0.481 e. The number of unbranched alkanes of at least 4 members (excludes halogenated alkanes) is 1. The van der Waals surface area contributed by atoms with Crippen LogP contribution in [0.4, 0.5) is 4.79 Å². The molecule has 35 nitrogen and oxygen atoms in total. The van der Waals surface area contributed by atoms with Crippen LogP contribution in [0.2, 0.25) is 0 Å². The van der Waals surface area contributed by atoms with Gasteiger partial charge in [-0.15, -0.1) is 0 Å². The second kappa shape index (κ2) is 41.6. The molecule has 1 saturated heterocycles. The predicted octanol–water partition coefficient (Wildman–Crippen LogP) is -3.09. The molecule has 35 heteroatoms. The Morgan fingerprint density at radius 3 is 1.32 bits per heavy atom. The fourth-order valence-corrected chi connectivity index (χ4v) is 11.0. The lowest BCUT2D eigenvalue weighted by Gasteiger charge is -2.33. The summed E-state index contributed by atoms with van der Waals surface area (Å²) in [7, 11) is 6.79. The van der Waals surface area contributed by atoms with E-state index in [1.807, 2.05) is 42.5 Å². The smallest absolute Gasteiger partial charge is 0.326 e. The molecule has 10 amide bonds. The highest BCUT2D eigenvalue weighted by Gasteiger charge is 2.32. The number of carbonyl (C=O) groups is 15. The van der Waals surface area contributed by atoms with E-state index in [4.69, 9.17) is 5.11 Å².